The van der Waals surface area contributed by atoms with E-state index in [2.05, 4.69) is 22.2 Å². The Labute approximate surface area is 146 Å². The summed E-state index contributed by atoms with van der Waals surface area (Å²) in [5, 5.41) is 14.1. The fraction of sp³-hybridized carbons (Fsp3) is 0.412. The summed E-state index contributed by atoms with van der Waals surface area (Å²) in [5.41, 5.74) is 0.951. The Morgan fingerprint density at radius 3 is 3.00 bits per heavy atom. The monoisotopic (exact) mass is 345 g/mol. The summed E-state index contributed by atoms with van der Waals surface area (Å²) in [6.07, 6.45) is 12.5. The summed E-state index contributed by atoms with van der Waals surface area (Å²) in [4.78, 5) is 18.7. The normalized spacial score (nSPS) is 15.8. The van der Waals surface area contributed by atoms with Crippen LogP contribution in [0, 0.1) is 10.1 Å². The van der Waals surface area contributed by atoms with Gasteiger partial charge in [-0.1, -0.05) is 13.0 Å². The molecule has 0 aliphatic heterocycles. The van der Waals surface area contributed by atoms with Gasteiger partial charge in [0.05, 0.1) is 7.05 Å². The Hall–Kier alpha value is -2.74. The summed E-state index contributed by atoms with van der Waals surface area (Å²) < 4.78 is 7.06. The van der Waals surface area contributed by atoms with Crippen LogP contribution in [0.25, 0.3) is 0 Å². The SMILES string of the molecule is CCCNCC=CN=C1C=CC(OCc2ncc([N+](=O)[O-])n2C)=CC1. The zero-order valence-corrected chi connectivity index (χ0v) is 14.5. The standard InChI is InChI=1S/C17H23N5O3/c1-3-9-18-10-4-11-19-14-5-7-15(8-6-14)25-13-16-20-12-17(21(16)2)22(23)24/h4-5,7-8,11-12,18H,3,6,9-10,13H2,1-2H3. The Balaban J connectivity index is 1.80. The van der Waals surface area contributed by atoms with Gasteiger partial charge in [-0.2, -0.15) is 0 Å². The third-order valence-electron chi connectivity index (χ3n) is 3.60. The highest BCUT2D eigenvalue weighted by Crippen LogP contribution is 2.16. The van der Waals surface area contributed by atoms with Crippen molar-refractivity contribution in [3.05, 3.63) is 58.4 Å². The summed E-state index contributed by atoms with van der Waals surface area (Å²) in [5.74, 6) is 1.16. The molecule has 0 radical (unpaired) electrons. The molecule has 0 fully saturated rings. The van der Waals surface area contributed by atoms with Gasteiger partial charge < -0.3 is 20.2 Å². The molecular formula is C17H23N5O3. The van der Waals surface area contributed by atoms with E-state index in [-0.39, 0.29) is 12.4 Å². The van der Waals surface area contributed by atoms with Crippen LogP contribution in [0.2, 0.25) is 0 Å². The van der Waals surface area contributed by atoms with E-state index in [1.165, 1.54) is 10.8 Å². The first kappa shape index (κ1) is 18.6. The average Bonchev–Trinajstić information content (AvgIpc) is 2.98. The number of imidazole rings is 1. The fourth-order valence-corrected chi connectivity index (χ4v) is 2.17. The van der Waals surface area contributed by atoms with Crippen LogP contribution in [0.1, 0.15) is 25.6 Å². The quantitative estimate of drug-likeness (QED) is 0.422. The van der Waals surface area contributed by atoms with Crippen molar-refractivity contribution in [1.82, 2.24) is 14.9 Å². The Kier molecular flexibility index (Phi) is 7.09. The van der Waals surface area contributed by atoms with Gasteiger partial charge >= 0.3 is 5.82 Å². The lowest BCUT2D eigenvalue weighted by Gasteiger charge is -2.09. The largest absolute Gasteiger partial charge is 0.484 e. The van der Waals surface area contributed by atoms with Gasteiger partial charge in [-0.3, -0.25) is 4.99 Å². The second-order valence-corrected chi connectivity index (χ2v) is 5.49. The average molecular weight is 345 g/mol. The Bertz CT molecular complexity index is 716. The number of rotatable bonds is 9. The van der Waals surface area contributed by atoms with Gasteiger partial charge in [0, 0.05) is 24.9 Å². The molecule has 8 nitrogen and oxygen atoms in total. The van der Waals surface area contributed by atoms with Gasteiger partial charge in [-0.15, -0.1) is 0 Å². The van der Waals surface area contributed by atoms with Gasteiger partial charge in [0.25, 0.3) is 0 Å². The van der Waals surface area contributed by atoms with Crippen LogP contribution in [-0.4, -0.2) is 33.3 Å². The van der Waals surface area contributed by atoms with Crippen molar-refractivity contribution in [1.29, 1.82) is 0 Å². The number of ether oxygens (including phenoxy) is 1. The van der Waals surface area contributed by atoms with Crippen molar-refractivity contribution >= 4 is 11.5 Å². The Morgan fingerprint density at radius 1 is 1.52 bits per heavy atom. The smallest absolute Gasteiger partial charge is 0.342 e. The van der Waals surface area contributed by atoms with E-state index in [1.807, 2.05) is 24.3 Å². The van der Waals surface area contributed by atoms with Crippen LogP contribution in [0.5, 0.6) is 0 Å². The van der Waals surface area contributed by atoms with Gasteiger partial charge in [0.2, 0.25) is 5.82 Å². The van der Waals surface area contributed by atoms with Crippen molar-refractivity contribution in [3.63, 3.8) is 0 Å². The van der Waals surface area contributed by atoms with Crippen molar-refractivity contribution in [3.8, 4) is 0 Å². The minimum atomic E-state index is -0.468. The van der Waals surface area contributed by atoms with E-state index in [9.17, 15) is 10.1 Å². The van der Waals surface area contributed by atoms with Crippen LogP contribution in [0.3, 0.4) is 0 Å². The molecule has 0 bridgehead atoms. The highest BCUT2D eigenvalue weighted by atomic mass is 16.6. The number of hydrogen-bond acceptors (Lipinski definition) is 6. The maximum absolute atomic E-state index is 10.8. The predicted molar refractivity (Wildman–Crippen MR) is 96.2 cm³/mol. The van der Waals surface area contributed by atoms with Gasteiger partial charge in [-0.05, 0) is 36.1 Å². The molecule has 134 valence electrons. The molecule has 2 rings (SSSR count). The van der Waals surface area contributed by atoms with E-state index < -0.39 is 4.92 Å². The van der Waals surface area contributed by atoms with Crippen LogP contribution in [0.4, 0.5) is 5.82 Å². The number of nitrogens with one attached hydrogen (secondary N) is 1. The molecule has 0 saturated carbocycles. The number of hydrogen-bond donors (Lipinski definition) is 1. The minimum Gasteiger partial charge on any atom is -0.484 e. The molecule has 1 aromatic heterocycles. The summed E-state index contributed by atoms with van der Waals surface area (Å²) >= 11 is 0. The number of aromatic nitrogens is 2. The number of nitrogens with zero attached hydrogens (tertiary/aromatic N) is 4. The lowest BCUT2D eigenvalue weighted by Crippen LogP contribution is -2.13. The van der Waals surface area contributed by atoms with Gasteiger partial charge in [0.1, 0.15) is 12.0 Å². The molecule has 1 aliphatic rings. The molecule has 0 unspecified atom stereocenters. The minimum absolute atomic E-state index is 0.0543. The summed E-state index contributed by atoms with van der Waals surface area (Å²) in [7, 11) is 1.60. The lowest BCUT2D eigenvalue weighted by atomic mass is 10.1. The van der Waals surface area contributed by atoms with Crippen molar-refractivity contribution in [2.45, 2.75) is 26.4 Å². The first-order valence-electron chi connectivity index (χ1n) is 8.20. The molecule has 25 heavy (non-hydrogen) atoms. The summed E-state index contributed by atoms with van der Waals surface area (Å²) in [6.45, 7) is 4.12. The molecule has 1 heterocycles. The third-order valence-corrected chi connectivity index (χ3v) is 3.60. The molecule has 8 heteroatoms. The highest BCUT2D eigenvalue weighted by Gasteiger charge is 2.17. The van der Waals surface area contributed by atoms with Crippen LogP contribution in [0.15, 0.2) is 47.5 Å². The maximum Gasteiger partial charge on any atom is 0.342 e. The van der Waals surface area contributed by atoms with Crippen LogP contribution >= 0.6 is 0 Å². The topological polar surface area (TPSA) is 94.6 Å². The third kappa shape index (κ3) is 5.68. The molecule has 1 aliphatic carbocycles. The van der Waals surface area contributed by atoms with E-state index in [0.29, 0.717) is 18.0 Å². The molecule has 1 N–H and O–H groups in total. The van der Waals surface area contributed by atoms with Crippen molar-refractivity contribution < 1.29 is 9.66 Å². The van der Waals surface area contributed by atoms with Crippen LogP contribution < -0.4 is 5.32 Å². The zero-order chi connectivity index (χ0) is 18.1. The summed E-state index contributed by atoms with van der Waals surface area (Å²) in [6, 6.07) is 0. The fourth-order valence-electron chi connectivity index (χ4n) is 2.17. The van der Waals surface area contributed by atoms with E-state index >= 15 is 0 Å². The van der Waals surface area contributed by atoms with Crippen LogP contribution in [-0.2, 0) is 18.4 Å². The maximum atomic E-state index is 10.8. The van der Waals surface area contributed by atoms with E-state index in [4.69, 9.17) is 4.74 Å². The predicted octanol–water partition coefficient (Wildman–Crippen LogP) is 2.64. The first-order valence-corrected chi connectivity index (χ1v) is 8.20. The Morgan fingerprint density at radius 2 is 2.36 bits per heavy atom. The molecule has 0 saturated heterocycles. The zero-order valence-electron chi connectivity index (χ0n) is 14.5. The second kappa shape index (κ2) is 9.53. The number of allylic oxidation sites excluding steroid dienone is 3. The highest BCUT2D eigenvalue weighted by molar-refractivity contribution is 5.97. The van der Waals surface area contributed by atoms with E-state index in [1.54, 1.807) is 13.2 Å². The molecule has 0 atom stereocenters. The first-order chi connectivity index (χ1) is 12.1. The molecule has 1 aromatic rings. The molecular weight excluding hydrogens is 322 g/mol. The molecule has 0 spiro atoms. The van der Waals surface area contributed by atoms with Crippen molar-refractivity contribution in [2.75, 3.05) is 13.1 Å². The molecule has 0 amide bonds. The second-order valence-electron chi connectivity index (χ2n) is 5.49. The van der Waals surface area contributed by atoms with Crippen molar-refractivity contribution in [2.24, 2.45) is 12.0 Å². The van der Waals surface area contributed by atoms with Gasteiger partial charge in [-0.25, -0.2) is 9.55 Å². The lowest BCUT2D eigenvalue weighted by molar-refractivity contribution is -0.391. The van der Waals surface area contributed by atoms with E-state index in [0.717, 1.165) is 25.2 Å². The number of aliphatic imine (C=N–C) groups is 1. The molecule has 0 aromatic carbocycles. The van der Waals surface area contributed by atoms with Gasteiger partial charge in [0.15, 0.2) is 6.61 Å². The number of nitro groups is 1.